The Bertz CT molecular complexity index is 27.8. The average molecular weight is 225 g/mol. The number of rotatable bonds is 3. The molecule has 14 heavy (non-hydrogen) atoms. The molecule has 0 heterocycles. The summed E-state index contributed by atoms with van der Waals surface area (Å²) in [7, 11) is 0. The Morgan fingerprint density at radius 1 is 0.500 bits per heavy atom. The first-order valence-corrected chi connectivity index (χ1v) is 2.91. The second-order valence-electron chi connectivity index (χ2n) is 1.71. The van der Waals surface area contributed by atoms with Crippen LogP contribution < -0.4 is 0 Å². The highest BCUT2D eigenvalue weighted by molar-refractivity contribution is 4.31. The van der Waals surface area contributed by atoms with Gasteiger partial charge in [-0.25, -0.2) is 0 Å². The minimum Gasteiger partial charge on any atom is -0.0776 e. The lowest BCUT2D eigenvalue weighted by Gasteiger charge is -1.86. The Hall–Kier alpha value is 0. The lowest BCUT2D eigenvalue weighted by atomic mass is 10.2. The zero-order valence-electron chi connectivity index (χ0n) is 4.83. The van der Waals surface area contributed by atoms with E-state index >= 15 is 0 Å². The molecule has 0 fully saturated rings. The highest BCUT2D eigenvalue weighted by Gasteiger charge is 1.75. The first-order chi connectivity index (χ1) is 2.91. The molecule has 0 aliphatic heterocycles. The first kappa shape index (κ1) is 94.6. The molecule has 0 saturated heterocycles. The summed E-state index contributed by atoms with van der Waals surface area (Å²) in [4.78, 5) is 0. The van der Waals surface area contributed by atoms with Crippen LogP contribution in [0.25, 0.3) is 0 Å². The van der Waals surface area contributed by atoms with Crippen molar-refractivity contribution in [3.8, 4) is 0 Å². The molecule has 0 rings (SSSR count). The normalized spacial score (nSPS) is 3.86. The van der Waals surface area contributed by atoms with Crippen molar-refractivity contribution in [2.75, 3.05) is 0 Å². The Morgan fingerprint density at radius 2 is 0.643 bits per heavy atom. The topological polar surface area (TPSA) is 0 Å². The van der Waals surface area contributed by atoms with E-state index in [0.29, 0.717) is 0 Å². The molecular weight excluding hydrogens is 168 g/mol. The van der Waals surface area contributed by atoms with E-state index in [1.807, 2.05) is 0 Å². The van der Waals surface area contributed by atoms with Gasteiger partial charge in [0.05, 0.1) is 0 Å². The average Bonchev–Trinajstić information content (AvgIpc) is 1.61. The predicted octanol–water partition coefficient (Wildman–Crippen LogP) is 8.91. The SMILES string of the molecule is C.C.C.C.C.C.C.C.CCCCCC.[HH].[HH].[HH].[HH].[HH]. The molecule has 0 saturated carbocycles. The predicted molar refractivity (Wildman–Crippen MR) is 94.2 cm³/mol. The minimum absolute atomic E-state index is 0. The quantitative estimate of drug-likeness (QED) is 0.420. The molecule has 0 N–H and O–H groups in total. The van der Waals surface area contributed by atoms with Gasteiger partial charge in [0.2, 0.25) is 0 Å². The van der Waals surface area contributed by atoms with Crippen LogP contribution in [0.15, 0.2) is 0 Å². The zero-order chi connectivity index (χ0) is 4.83. The Kier molecular flexibility index (Phi) is 791. The Balaban J connectivity index is -0.00000000160. The summed E-state index contributed by atoms with van der Waals surface area (Å²) in [6.45, 7) is 4.46. The van der Waals surface area contributed by atoms with E-state index in [2.05, 4.69) is 13.8 Å². The Morgan fingerprint density at radius 3 is 0.714 bits per heavy atom. The zero-order valence-corrected chi connectivity index (χ0v) is 4.83. The van der Waals surface area contributed by atoms with Crippen LogP contribution in [0, 0.1) is 0 Å². The molecule has 0 spiro atoms. The second kappa shape index (κ2) is 117. The third kappa shape index (κ3) is 161. The fourth-order valence-corrected chi connectivity index (χ4v) is 0.500. The largest absolute Gasteiger partial charge is 0.0776 e. The van der Waals surface area contributed by atoms with Crippen LogP contribution in [0.4, 0.5) is 0 Å². The van der Waals surface area contributed by atoms with Crippen molar-refractivity contribution in [3.05, 3.63) is 0 Å². The fraction of sp³-hybridized carbons (Fsp3) is 1.00. The lowest BCUT2D eigenvalue weighted by Crippen LogP contribution is -1.66. The van der Waals surface area contributed by atoms with Gasteiger partial charge in [0.15, 0.2) is 0 Å². The molecule has 0 aliphatic rings. The van der Waals surface area contributed by atoms with E-state index in [-0.39, 0.29) is 66.5 Å². The highest BCUT2D eigenvalue weighted by atomic mass is 13.8. The molecule has 112 valence electrons. The van der Waals surface area contributed by atoms with Crippen molar-refractivity contribution in [2.45, 2.75) is 98.9 Å². The van der Waals surface area contributed by atoms with Crippen LogP contribution in [0.3, 0.4) is 0 Å². The standard InChI is InChI=1S/C6H14.8CH4.5H2/c1-3-5-6-4-2;;;;;;;;;;;;;/h3-6H2,1-2H3;8*1H4;5*1H. The summed E-state index contributed by atoms with van der Waals surface area (Å²) in [5, 5.41) is 0. The summed E-state index contributed by atoms with van der Waals surface area (Å²) in [5.41, 5.74) is 0. The van der Waals surface area contributed by atoms with Crippen LogP contribution in [0.1, 0.15) is 106 Å². The fourth-order valence-electron chi connectivity index (χ4n) is 0.500. The summed E-state index contributed by atoms with van der Waals surface area (Å²) < 4.78 is 0. The summed E-state index contributed by atoms with van der Waals surface area (Å²) in [6.07, 6.45) is 5.54. The van der Waals surface area contributed by atoms with Gasteiger partial charge >= 0.3 is 0 Å². The maximum atomic E-state index is 2.23. The highest BCUT2D eigenvalue weighted by Crippen LogP contribution is 1.95. The van der Waals surface area contributed by atoms with E-state index < -0.39 is 0 Å². The molecule has 0 aliphatic carbocycles. The van der Waals surface area contributed by atoms with Gasteiger partial charge in [-0.15, -0.1) is 0 Å². The van der Waals surface area contributed by atoms with Gasteiger partial charge < -0.3 is 0 Å². The van der Waals surface area contributed by atoms with Gasteiger partial charge in [0.1, 0.15) is 0 Å². The van der Waals surface area contributed by atoms with Crippen molar-refractivity contribution in [2.24, 2.45) is 0 Å². The van der Waals surface area contributed by atoms with Gasteiger partial charge in [-0.2, -0.15) is 0 Å². The van der Waals surface area contributed by atoms with E-state index in [1.165, 1.54) is 25.7 Å². The molecule has 0 bridgehead atoms. The molecule has 0 aromatic rings. The van der Waals surface area contributed by atoms with Gasteiger partial charge in [-0.05, 0) is 0 Å². The van der Waals surface area contributed by atoms with E-state index in [1.54, 1.807) is 0 Å². The van der Waals surface area contributed by atoms with Crippen LogP contribution in [-0.4, -0.2) is 0 Å². The third-order valence-electron chi connectivity index (χ3n) is 0.957. The molecule has 0 aromatic carbocycles. The Labute approximate surface area is 107 Å². The van der Waals surface area contributed by atoms with Crippen LogP contribution in [0.2, 0.25) is 0 Å². The van der Waals surface area contributed by atoms with Gasteiger partial charge in [-0.1, -0.05) is 98.9 Å². The van der Waals surface area contributed by atoms with E-state index in [9.17, 15) is 0 Å². The van der Waals surface area contributed by atoms with Gasteiger partial charge in [-0.3, -0.25) is 0 Å². The van der Waals surface area contributed by atoms with Crippen molar-refractivity contribution in [1.29, 1.82) is 0 Å². The maximum Gasteiger partial charge on any atom is 0 e. The van der Waals surface area contributed by atoms with E-state index in [0.717, 1.165) is 0 Å². The van der Waals surface area contributed by atoms with Gasteiger partial charge in [0.25, 0.3) is 0 Å². The monoisotopic (exact) mass is 224 g/mol. The van der Waals surface area contributed by atoms with Crippen LogP contribution in [-0.2, 0) is 0 Å². The first-order valence-electron chi connectivity index (χ1n) is 2.91. The summed E-state index contributed by atoms with van der Waals surface area (Å²) >= 11 is 0. The molecule has 0 atom stereocenters. The molecule has 0 aromatic heterocycles. The van der Waals surface area contributed by atoms with Crippen molar-refractivity contribution in [1.82, 2.24) is 0 Å². The number of hydrogen-bond donors (Lipinski definition) is 0. The molecule has 0 amide bonds. The summed E-state index contributed by atoms with van der Waals surface area (Å²) in [6, 6.07) is 0. The smallest absolute Gasteiger partial charge is 0 e. The summed E-state index contributed by atoms with van der Waals surface area (Å²) in [5.74, 6) is 0. The van der Waals surface area contributed by atoms with Crippen molar-refractivity contribution in [3.63, 3.8) is 0 Å². The molecular formula is C14H56. The number of unbranched alkanes of at least 4 members (excludes halogenated alkanes) is 3. The van der Waals surface area contributed by atoms with Crippen molar-refractivity contribution < 1.29 is 7.13 Å². The van der Waals surface area contributed by atoms with Gasteiger partial charge in [0, 0.05) is 7.13 Å². The number of hydrogen-bond acceptors (Lipinski definition) is 0. The molecule has 0 heteroatoms. The van der Waals surface area contributed by atoms with E-state index in [4.69, 9.17) is 0 Å². The second-order valence-corrected chi connectivity index (χ2v) is 1.71. The van der Waals surface area contributed by atoms with Crippen LogP contribution in [0.5, 0.6) is 0 Å². The maximum absolute atomic E-state index is 2.23. The third-order valence-corrected chi connectivity index (χ3v) is 0.957. The molecule has 0 unspecified atom stereocenters. The minimum atomic E-state index is 0. The lowest BCUT2D eigenvalue weighted by molar-refractivity contribution is 0.702. The van der Waals surface area contributed by atoms with Crippen LogP contribution >= 0.6 is 0 Å². The molecule has 0 nitrogen and oxygen atoms in total. The molecule has 0 radical (unpaired) electrons. The van der Waals surface area contributed by atoms with Crippen molar-refractivity contribution >= 4 is 0 Å².